The van der Waals surface area contributed by atoms with Crippen molar-refractivity contribution < 1.29 is 23.1 Å². The van der Waals surface area contributed by atoms with Gasteiger partial charge < -0.3 is 14.3 Å². The maximum atomic E-state index is 12.8. The summed E-state index contributed by atoms with van der Waals surface area (Å²) in [5, 5.41) is 2.49. The average molecular weight is 242 g/mol. The molecule has 0 unspecified atom stereocenters. The molecule has 5 nitrogen and oxygen atoms in total. The van der Waals surface area contributed by atoms with E-state index in [1.807, 2.05) is 0 Å². The van der Waals surface area contributed by atoms with Gasteiger partial charge in [0.1, 0.15) is 6.61 Å². The number of halogens is 2. The number of rotatable bonds is 11. The van der Waals surface area contributed by atoms with Crippen LogP contribution in [-0.2, 0) is 14.3 Å². The van der Waals surface area contributed by atoms with Crippen molar-refractivity contribution in [1.29, 1.82) is 0 Å². The van der Waals surface area contributed by atoms with Gasteiger partial charge in [0.25, 0.3) is 5.92 Å². The van der Waals surface area contributed by atoms with Crippen LogP contribution < -0.4 is 11.2 Å². The number of nitrogens with two attached hydrogens (primary N) is 1. The first-order chi connectivity index (χ1) is 7.62. The Labute approximate surface area is 94.2 Å². The summed E-state index contributed by atoms with van der Waals surface area (Å²) >= 11 is 0. The summed E-state index contributed by atoms with van der Waals surface area (Å²) in [5.74, 6) is 1.96. The minimum atomic E-state index is -2.86. The van der Waals surface area contributed by atoms with Crippen molar-refractivity contribution in [3.63, 3.8) is 0 Å². The predicted octanol–water partition coefficient (Wildman–Crippen LogP) is 0.502. The maximum Gasteiger partial charge on any atom is 0.283 e. The van der Waals surface area contributed by atoms with E-state index < -0.39 is 19.1 Å². The van der Waals surface area contributed by atoms with Crippen LogP contribution in [0.1, 0.15) is 12.8 Å². The molecule has 0 saturated heterocycles. The Morgan fingerprint density at radius 3 is 2.56 bits per heavy atom. The van der Waals surface area contributed by atoms with Crippen molar-refractivity contribution in [1.82, 2.24) is 5.32 Å². The van der Waals surface area contributed by atoms with Crippen molar-refractivity contribution in [3.8, 4) is 0 Å². The predicted molar refractivity (Wildman–Crippen MR) is 55.0 cm³/mol. The van der Waals surface area contributed by atoms with E-state index in [1.165, 1.54) is 7.11 Å². The lowest BCUT2D eigenvalue weighted by Crippen LogP contribution is -2.37. The van der Waals surface area contributed by atoms with Crippen molar-refractivity contribution in [3.05, 3.63) is 0 Å². The Bertz CT molecular complexity index is 162. The Kier molecular flexibility index (Phi) is 9.65. The van der Waals surface area contributed by atoms with Crippen LogP contribution in [0.25, 0.3) is 0 Å². The van der Waals surface area contributed by atoms with E-state index in [-0.39, 0.29) is 6.73 Å². The van der Waals surface area contributed by atoms with Crippen LogP contribution in [0.4, 0.5) is 8.78 Å². The fraction of sp³-hybridized carbons (Fsp3) is 1.00. The number of unbranched alkanes of at least 4 members (excludes halogenated alkanes) is 1. The quantitative estimate of drug-likeness (QED) is 0.314. The van der Waals surface area contributed by atoms with Gasteiger partial charge in [-0.05, 0) is 12.8 Å². The van der Waals surface area contributed by atoms with E-state index in [9.17, 15) is 8.78 Å². The molecule has 3 N–H and O–H groups in total. The van der Waals surface area contributed by atoms with E-state index in [1.54, 1.807) is 0 Å². The van der Waals surface area contributed by atoms with Crippen molar-refractivity contribution >= 4 is 0 Å². The standard InChI is InChI=1S/C9H20F2N2O3/c1-14-7-9(10,11)6-13-8-15-4-2-3-5-16-12/h13H,2-8,12H2,1H3. The Morgan fingerprint density at radius 2 is 1.94 bits per heavy atom. The van der Waals surface area contributed by atoms with Gasteiger partial charge >= 0.3 is 0 Å². The molecule has 0 heterocycles. The van der Waals surface area contributed by atoms with Crippen molar-refractivity contribution in [2.45, 2.75) is 18.8 Å². The van der Waals surface area contributed by atoms with E-state index in [2.05, 4.69) is 14.9 Å². The molecule has 0 amide bonds. The molecule has 98 valence electrons. The fourth-order valence-corrected chi connectivity index (χ4v) is 1.03. The summed E-state index contributed by atoms with van der Waals surface area (Å²) in [6.07, 6.45) is 1.57. The molecule has 0 fully saturated rings. The van der Waals surface area contributed by atoms with E-state index in [4.69, 9.17) is 10.6 Å². The highest BCUT2D eigenvalue weighted by atomic mass is 19.3. The molecule has 0 aliphatic rings. The number of hydrogen-bond donors (Lipinski definition) is 2. The summed E-state index contributed by atoms with van der Waals surface area (Å²) in [7, 11) is 1.24. The van der Waals surface area contributed by atoms with Crippen LogP contribution >= 0.6 is 0 Å². The Hall–Kier alpha value is -0.340. The second kappa shape index (κ2) is 9.86. The first-order valence-corrected chi connectivity index (χ1v) is 5.09. The van der Waals surface area contributed by atoms with Crippen LogP contribution in [0.2, 0.25) is 0 Å². The summed E-state index contributed by atoms with van der Waals surface area (Å²) in [6, 6.07) is 0. The van der Waals surface area contributed by atoms with Gasteiger partial charge in [0.05, 0.1) is 19.9 Å². The molecule has 7 heteroatoms. The third-order valence-electron chi connectivity index (χ3n) is 1.74. The molecular formula is C9H20F2N2O3. The number of alkyl halides is 2. The van der Waals surface area contributed by atoms with Crippen LogP contribution in [0.3, 0.4) is 0 Å². The highest BCUT2D eigenvalue weighted by Crippen LogP contribution is 2.11. The fourth-order valence-electron chi connectivity index (χ4n) is 1.03. The third-order valence-corrected chi connectivity index (χ3v) is 1.74. The lowest BCUT2D eigenvalue weighted by molar-refractivity contribution is -0.0666. The molecule has 16 heavy (non-hydrogen) atoms. The molecule has 0 aromatic carbocycles. The molecule has 0 spiro atoms. The van der Waals surface area contributed by atoms with Gasteiger partial charge in [-0.25, -0.2) is 14.7 Å². The molecule has 0 aromatic rings. The number of nitrogens with one attached hydrogen (secondary N) is 1. The second-order valence-electron chi connectivity index (χ2n) is 3.35. The van der Waals surface area contributed by atoms with Gasteiger partial charge in [-0.2, -0.15) is 0 Å². The normalized spacial score (nSPS) is 12.0. The zero-order valence-corrected chi connectivity index (χ0v) is 9.51. The first-order valence-electron chi connectivity index (χ1n) is 5.09. The van der Waals surface area contributed by atoms with Crippen LogP contribution in [0.15, 0.2) is 0 Å². The summed E-state index contributed by atoms with van der Waals surface area (Å²) < 4.78 is 35.1. The van der Waals surface area contributed by atoms with Crippen LogP contribution in [-0.4, -0.2) is 46.1 Å². The number of hydrogen-bond acceptors (Lipinski definition) is 5. The molecule has 0 atom stereocenters. The zero-order chi connectivity index (χ0) is 12.3. The largest absolute Gasteiger partial charge is 0.378 e. The minimum absolute atomic E-state index is 0.1000. The first kappa shape index (κ1) is 15.7. The highest BCUT2D eigenvalue weighted by molar-refractivity contribution is 4.66. The van der Waals surface area contributed by atoms with Gasteiger partial charge in [0.2, 0.25) is 0 Å². The molecule has 0 aromatic heterocycles. The number of ether oxygens (including phenoxy) is 2. The van der Waals surface area contributed by atoms with Gasteiger partial charge in [0, 0.05) is 13.7 Å². The summed E-state index contributed by atoms with van der Waals surface area (Å²) in [5.41, 5.74) is 0. The molecule has 0 aliphatic carbocycles. The SMILES string of the molecule is COCC(F)(F)CNCOCCCCON. The average Bonchev–Trinajstić information content (AvgIpc) is 2.22. The molecule has 0 rings (SSSR count). The van der Waals surface area contributed by atoms with E-state index in [0.29, 0.717) is 13.2 Å². The molecule has 0 saturated carbocycles. The zero-order valence-electron chi connectivity index (χ0n) is 9.51. The maximum absolute atomic E-state index is 12.8. The van der Waals surface area contributed by atoms with Crippen molar-refractivity contribution in [2.75, 3.05) is 40.2 Å². The van der Waals surface area contributed by atoms with Crippen LogP contribution in [0, 0.1) is 0 Å². The molecular weight excluding hydrogens is 222 g/mol. The topological polar surface area (TPSA) is 65.7 Å². The third kappa shape index (κ3) is 10.2. The molecule has 0 aliphatic heterocycles. The monoisotopic (exact) mass is 242 g/mol. The summed E-state index contributed by atoms with van der Waals surface area (Å²) in [4.78, 5) is 4.36. The summed E-state index contributed by atoms with van der Waals surface area (Å²) in [6.45, 7) is 0.0261. The van der Waals surface area contributed by atoms with Gasteiger partial charge in [0.15, 0.2) is 0 Å². The number of methoxy groups -OCH3 is 1. The minimum Gasteiger partial charge on any atom is -0.378 e. The van der Waals surface area contributed by atoms with Crippen LogP contribution in [0.5, 0.6) is 0 Å². The highest BCUT2D eigenvalue weighted by Gasteiger charge is 2.27. The van der Waals surface area contributed by atoms with E-state index >= 15 is 0 Å². The molecule has 0 bridgehead atoms. The van der Waals surface area contributed by atoms with E-state index in [0.717, 1.165) is 12.8 Å². The Balaban J connectivity index is 3.20. The second-order valence-corrected chi connectivity index (χ2v) is 3.35. The van der Waals surface area contributed by atoms with Crippen molar-refractivity contribution in [2.24, 2.45) is 5.90 Å². The molecule has 0 radical (unpaired) electrons. The van der Waals surface area contributed by atoms with Gasteiger partial charge in [-0.3, -0.25) is 5.32 Å². The lowest BCUT2D eigenvalue weighted by atomic mass is 10.3. The lowest BCUT2D eigenvalue weighted by Gasteiger charge is -2.15. The van der Waals surface area contributed by atoms with Gasteiger partial charge in [-0.1, -0.05) is 0 Å². The van der Waals surface area contributed by atoms with Gasteiger partial charge in [-0.15, -0.1) is 0 Å². The Morgan fingerprint density at radius 1 is 1.25 bits per heavy atom. The smallest absolute Gasteiger partial charge is 0.283 e.